The topological polar surface area (TPSA) is 35.2 Å². The molecule has 2 N–H and O–H groups in total. The Morgan fingerprint density at radius 3 is 2.88 bits per heavy atom. The Morgan fingerprint density at radius 1 is 1.50 bits per heavy atom. The van der Waals surface area contributed by atoms with Gasteiger partial charge in [-0.05, 0) is 48.7 Å². The maximum Gasteiger partial charge on any atom is 0.120 e. The quantitative estimate of drug-likeness (QED) is 0.813. The van der Waals surface area contributed by atoms with Crippen LogP contribution in [0.25, 0.3) is 0 Å². The van der Waals surface area contributed by atoms with E-state index < -0.39 is 0 Å². The highest BCUT2D eigenvalue weighted by Crippen LogP contribution is 2.23. The molecule has 1 rings (SSSR count). The summed E-state index contributed by atoms with van der Waals surface area (Å²) in [5, 5.41) is 0. The van der Waals surface area contributed by atoms with Crippen molar-refractivity contribution in [2.75, 3.05) is 13.2 Å². The highest BCUT2D eigenvalue weighted by molar-refractivity contribution is 9.10. The van der Waals surface area contributed by atoms with E-state index >= 15 is 0 Å². The molecule has 0 bridgehead atoms. The van der Waals surface area contributed by atoms with E-state index in [1.807, 2.05) is 18.2 Å². The Bertz CT molecular complexity index is 363. The van der Waals surface area contributed by atoms with Crippen LogP contribution in [-0.4, -0.2) is 13.2 Å². The van der Waals surface area contributed by atoms with Gasteiger partial charge in [0.15, 0.2) is 0 Å². The molecular weight excluding hydrogens is 266 g/mol. The molecule has 0 heterocycles. The molecule has 0 aliphatic rings. The van der Waals surface area contributed by atoms with Crippen LogP contribution in [0.3, 0.4) is 0 Å². The maximum atomic E-state index is 5.64. The predicted molar refractivity (Wildman–Crippen MR) is 71.8 cm³/mol. The van der Waals surface area contributed by atoms with Crippen molar-refractivity contribution in [1.82, 2.24) is 0 Å². The van der Waals surface area contributed by atoms with Gasteiger partial charge < -0.3 is 10.5 Å². The summed E-state index contributed by atoms with van der Waals surface area (Å²) in [6, 6.07) is 5.97. The molecule has 0 fully saturated rings. The summed E-state index contributed by atoms with van der Waals surface area (Å²) in [4.78, 5) is 0. The Kier molecular flexibility index (Phi) is 5.56. The lowest BCUT2D eigenvalue weighted by molar-refractivity contribution is 0.348. The molecule has 0 aromatic heterocycles. The summed E-state index contributed by atoms with van der Waals surface area (Å²) in [5.41, 5.74) is 7.83. The van der Waals surface area contributed by atoms with Crippen molar-refractivity contribution in [2.24, 2.45) is 5.73 Å². The molecule has 0 aliphatic carbocycles. The number of halogens is 1. The van der Waals surface area contributed by atoms with E-state index in [0.29, 0.717) is 13.2 Å². The van der Waals surface area contributed by atoms with Gasteiger partial charge in [0.1, 0.15) is 12.4 Å². The van der Waals surface area contributed by atoms with Gasteiger partial charge in [0.05, 0.1) is 0 Å². The van der Waals surface area contributed by atoms with E-state index in [9.17, 15) is 0 Å². The Morgan fingerprint density at radius 2 is 2.25 bits per heavy atom. The average molecular weight is 284 g/mol. The van der Waals surface area contributed by atoms with Gasteiger partial charge in [-0.15, -0.1) is 0 Å². The first kappa shape index (κ1) is 13.3. The molecule has 0 saturated carbocycles. The van der Waals surface area contributed by atoms with Gasteiger partial charge in [-0.2, -0.15) is 0 Å². The minimum atomic E-state index is 0.584. The molecule has 0 spiro atoms. The van der Waals surface area contributed by atoms with Crippen LogP contribution in [-0.2, 0) is 6.42 Å². The molecule has 0 unspecified atom stereocenters. The molecule has 2 nitrogen and oxygen atoms in total. The summed E-state index contributed by atoms with van der Waals surface area (Å²) in [6.07, 6.45) is 1.80. The molecule has 0 radical (unpaired) electrons. The fourth-order valence-corrected chi connectivity index (χ4v) is 1.72. The second-order valence-corrected chi connectivity index (χ2v) is 4.54. The number of rotatable bonds is 6. The minimum absolute atomic E-state index is 0.584. The van der Waals surface area contributed by atoms with Gasteiger partial charge in [0.2, 0.25) is 0 Å². The van der Waals surface area contributed by atoms with Gasteiger partial charge in [0.25, 0.3) is 0 Å². The summed E-state index contributed by atoms with van der Waals surface area (Å²) in [7, 11) is 0. The number of hydrogen-bond acceptors (Lipinski definition) is 2. The third-order valence-electron chi connectivity index (χ3n) is 2.37. The van der Waals surface area contributed by atoms with Crippen LogP contribution >= 0.6 is 15.9 Å². The molecule has 1 aromatic rings. The molecule has 88 valence electrons. The zero-order chi connectivity index (χ0) is 12.0. The van der Waals surface area contributed by atoms with Crippen molar-refractivity contribution in [3.8, 4) is 5.75 Å². The SMILES string of the molecule is C=C(CC)COc1ccc(Br)c(CCN)c1. The fourth-order valence-electron chi connectivity index (χ4n) is 1.28. The molecule has 0 amide bonds. The molecule has 1 aromatic carbocycles. The summed E-state index contributed by atoms with van der Waals surface area (Å²) < 4.78 is 6.72. The van der Waals surface area contributed by atoms with Gasteiger partial charge in [-0.3, -0.25) is 0 Å². The van der Waals surface area contributed by atoms with Gasteiger partial charge in [0, 0.05) is 4.47 Å². The zero-order valence-electron chi connectivity index (χ0n) is 9.63. The van der Waals surface area contributed by atoms with Crippen LogP contribution in [0.15, 0.2) is 34.8 Å². The van der Waals surface area contributed by atoms with E-state index in [-0.39, 0.29) is 0 Å². The van der Waals surface area contributed by atoms with E-state index in [2.05, 4.69) is 29.4 Å². The van der Waals surface area contributed by atoms with Crippen LogP contribution in [0.2, 0.25) is 0 Å². The third-order valence-corrected chi connectivity index (χ3v) is 3.15. The smallest absolute Gasteiger partial charge is 0.120 e. The van der Waals surface area contributed by atoms with E-state index in [4.69, 9.17) is 10.5 Å². The summed E-state index contributed by atoms with van der Waals surface area (Å²) in [6.45, 7) is 7.21. The Balaban J connectivity index is 2.67. The molecule has 0 atom stereocenters. The van der Waals surface area contributed by atoms with Crippen LogP contribution in [0.5, 0.6) is 5.75 Å². The van der Waals surface area contributed by atoms with Crippen LogP contribution in [0, 0.1) is 0 Å². The van der Waals surface area contributed by atoms with Crippen molar-refractivity contribution >= 4 is 15.9 Å². The predicted octanol–water partition coefficient (Wildman–Crippen LogP) is 3.30. The molecule has 0 saturated heterocycles. The second-order valence-electron chi connectivity index (χ2n) is 3.68. The monoisotopic (exact) mass is 283 g/mol. The van der Waals surface area contributed by atoms with Crippen molar-refractivity contribution in [3.05, 3.63) is 40.4 Å². The highest BCUT2D eigenvalue weighted by Gasteiger charge is 2.02. The largest absolute Gasteiger partial charge is 0.489 e. The normalized spacial score (nSPS) is 10.2. The lowest BCUT2D eigenvalue weighted by Crippen LogP contribution is -2.04. The van der Waals surface area contributed by atoms with Crippen molar-refractivity contribution in [2.45, 2.75) is 19.8 Å². The number of nitrogens with two attached hydrogens (primary N) is 1. The van der Waals surface area contributed by atoms with E-state index in [0.717, 1.165) is 28.6 Å². The van der Waals surface area contributed by atoms with Crippen LogP contribution in [0.1, 0.15) is 18.9 Å². The fraction of sp³-hybridized carbons (Fsp3) is 0.385. The molecular formula is C13H18BrNO. The third kappa shape index (κ3) is 3.99. The molecule has 3 heteroatoms. The second kappa shape index (κ2) is 6.71. The standard InChI is InChI=1S/C13H18BrNO/c1-3-10(2)9-16-12-4-5-13(14)11(8-12)6-7-15/h4-5,8H,2-3,6-7,9,15H2,1H3. The van der Waals surface area contributed by atoms with Gasteiger partial charge >= 0.3 is 0 Å². The lowest BCUT2D eigenvalue weighted by atomic mass is 10.1. The number of benzene rings is 1. The molecule has 16 heavy (non-hydrogen) atoms. The van der Waals surface area contributed by atoms with Gasteiger partial charge in [-0.1, -0.05) is 29.4 Å². The van der Waals surface area contributed by atoms with Crippen molar-refractivity contribution < 1.29 is 4.74 Å². The Labute approximate surface area is 106 Å². The van der Waals surface area contributed by atoms with E-state index in [1.165, 1.54) is 5.56 Å². The van der Waals surface area contributed by atoms with Crippen LogP contribution < -0.4 is 10.5 Å². The average Bonchev–Trinajstić information content (AvgIpc) is 2.30. The minimum Gasteiger partial charge on any atom is -0.489 e. The summed E-state index contributed by atoms with van der Waals surface area (Å²) >= 11 is 3.50. The van der Waals surface area contributed by atoms with Crippen molar-refractivity contribution in [1.29, 1.82) is 0 Å². The maximum absolute atomic E-state index is 5.64. The lowest BCUT2D eigenvalue weighted by Gasteiger charge is -2.10. The number of hydrogen-bond donors (Lipinski definition) is 1. The Hall–Kier alpha value is -0.800. The first-order valence-electron chi connectivity index (χ1n) is 5.45. The van der Waals surface area contributed by atoms with Crippen LogP contribution in [0.4, 0.5) is 0 Å². The summed E-state index contributed by atoms with van der Waals surface area (Å²) in [5.74, 6) is 0.876. The first-order chi connectivity index (χ1) is 7.67. The zero-order valence-corrected chi connectivity index (χ0v) is 11.2. The highest BCUT2D eigenvalue weighted by atomic mass is 79.9. The van der Waals surface area contributed by atoms with E-state index in [1.54, 1.807) is 0 Å². The number of ether oxygens (including phenoxy) is 1. The van der Waals surface area contributed by atoms with Gasteiger partial charge in [-0.25, -0.2) is 0 Å². The van der Waals surface area contributed by atoms with Crippen molar-refractivity contribution in [3.63, 3.8) is 0 Å². The first-order valence-corrected chi connectivity index (χ1v) is 6.24. The molecule has 0 aliphatic heterocycles.